The Kier molecular flexibility index (Phi) is 5.50. The van der Waals surface area contributed by atoms with Gasteiger partial charge in [0.1, 0.15) is 0 Å². The molecule has 1 rings (SSSR count). The van der Waals surface area contributed by atoms with Gasteiger partial charge in [-0.3, -0.25) is 0 Å². The molecule has 0 fully saturated rings. The molecule has 0 aliphatic rings. The molecular weight excluding hydrogens is 196 g/mol. The number of benzene rings is 1. The largest absolute Gasteiger partial charge is 0.329 e. The van der Waals surface area contributed by atoms with Crippen LogP contribution in [-0.4, -0.2) is 25.0 Å². The maximum atomic E-state index is 5.52. The third kappa shape index (κ3) is 3.95. The maximum Gasteiger partial charge on any atom is 0.0231 e. The summed E-state index contributed by atoms with van der Waals surface area (Å²) in [6.07, 6.45) is 1.20. The highest BCUT2D eigenvalue weighted by Crippen LogP contribution is 2.19. The van der Waals surface area contributed by atoms with Crippen LogP contribution >= 0.6 is 0 Å². The van der Waals surface area contributed by atoms with Crippen molar-refractivity contribution in [3.8, 4) is 0 Å². The third-order valence-electron chi connectivity index (χ3n) is 3.12. The van der Waals surface area contributed by atoms with Crippen LogP contribution in [0.1, 0.15) is 37.3 Å². The van der Waals surface area contributed by atoms with Gasteiger partial charge in [0, 0.05) is 19.6 Å². The molecule has 1 aromatic carbocycles. The summed E-state index contributed by atoms with van der Waals surface area (Å²) in [5.74, 6) is 0.663. The first-order valence-corrected chi connectivity index (χ1v) is 6.14. The minimum Gasteiger partial charge on any atom is -0.329 e. The van der Waals surface area contributed by atoms with E-state index in [0.717, 1.165) is 19.6 Å². The Hall–Kier alpha value is -0.860. The van der Waals surface area contributed by atoms with E-state index >= 15 is 0 Å². The molecule has 1 atom stereocenters. The summed E-state index contributed by atoms with van der Waals surface area (Å²) in [4.78, 5) is 2.25. The molecular formula is C14H24N2. The van der Waals surface area contributed by atoms with Crippen LogP contribution in [0.25, 0.3) is 0 Å². The van der Waals surface area contributed by atoms with Gasteiger partial charge in [-0.2, -0.15) is 0 Å². The normalized spacial score (nSPS) is 13.1. The van der Waals surface area contributed by atoms with Gasteiger partial charge in [-0.05, 0) is 30.5 Å². The predicted molar refractivity (Wildman–Crippen MR) is 70.5 cm³/mol. The zero-order valence-electron chi connectivity index (χ0n) is 10.7. The third-order valence-corrected chi connectivity index (χ3v) is 3.12. The summed E-state index contributed by atoms with van der Waals surface area (Å²) in [5, 5.41) is 0. The Labute approximate surface area is 99.5 Å². The molecule has 2 nitrogen and oxygen atoms in total. The molecule has 0 radical (unpaired) electrons. The molecule has 2 N–H and O–H groups in total. The summed E-state index contributed by atoms with van der Waals surface area (Å²) >= 11 is 0. The van der Waals surface area contributed by atoms with Gasteiger partial charge in [0.15, 0.2) is 0 Å². The van der Waals surface area contributed by atoms with E-state index in [4.69, 9.17) is 5.73 Å². The average molecular weight is 220 g/mol. The Morgan fingerprint density at radius 1 is 1.25 bits per heavy atom. The van der Waals surface area contributed by atoms with E-state index in [1.807, 2.05) is 0 Å². The van der Waals surface area contributed by atoms with E-state index in [1.54, 1.807) is 0 Å². The molecule has 1 unspecified atom stereocenters. The predicted octanol–water partition coefficient (Wildman–Crippen LogP) is 2.59. The minimum atomic E-state index is 0.663. The molecule has 0 spiro atoms. The Morgan fingerprint density at radius 3 is 2.38 bits per heavy atom. The van der Waals surface area contributed by atoms with Gasteiger partial charge in [-0.15, -0.1) is 0 Å². The highest BCUT2D eigenvalue weighted by atomic mass is 15.1. The molecule has 0 aliphatic heterocycles. The summed E-state index contributed by atoms with van der Waals surface area (Å²) in [5.41, 5.74) is 8.32. The average Bonchev–Trinajstić information content (AvgIpc) is 2.29. The summed E-state index contributed by atoms with van der Waals surface area (Å²) in [6.45, 7) is 7.16. The highest BCUT2D eigenvalue weighted by Gasteiger charge is 2.03. The smallest absolute Gasteiger partial charge is 0.0231 e. The van der Waals surface area contributed by atoms with E-state index in [0.29, 0.717) is 5.92 Å². The van der Waals surface area contributed by atoms with Crippen LogP contribution in [0.15, 0.2) is 24.3 Å². The highest BCUT2D eigenvalue weighted by molar-refractivity contribution is 5.24. The van der Waals surface area contributed by atoms with Gasteiger partial charge in [-0.25, -0.2) is 0 Å². The van der Waals surface area contributed by atoms with Gasteiger partial charge in [0.05, 0.1) is 0 Å². The standard InChI is InChI=1S/C14H24N2/c1-4-12(2)14-7-5-13(6-8-14)11-16(3)10-9-15/h5-8,12H,4,9-11,15H2,1-3H3. The van der Waals surface area contributed by atoms with Crippen molar-refractivity contribution in [2.24, 2.45) is 5.73 Å². The SMILES string of the molecule is CCC(C)c1ccc(CN(C)CCN)cc1. The van der Waals surface area contributed by atoms with Gasteiger partial charge < -0.3 is 10.6 Å². The molecule has 0 saturated carbocycles. The van der Waals surface area contributed by atoms with Crippen LogP contribution in [0, 0.1) is 0 Å². The van der Waals surface area contributed by atoms with Crippen molar-refractivity contribution in [2.75, 3.05) is 20.1 Å². The quantitative estimate of drug-likeness (QED) is 0.798. The van der Waals surface area contributed by atoms with E-state index in [1.165, 1.54) is 17.5 Å². The summed E-state index contributed by atoms with van der Waals surface area (Å²) in [7, 11) is 2.11. The molecule has 0 heterocycles. The van der Waals surface area contributed by atoms with Crippen molar-refractivity contribution in [3.63, 3.8) is 0 Å². The van der Waals surface area contributed by atoms with Gasteiger partial charge in [-0.1, -0.05) is 38.1 Å². The molecule has 0 bridgehead atoms. The minimum absolute atomic E-state index is 0.663. The Balaban J connectivity index is 2.57. The fraction of sp³-hybridized carbons (Fsp3) is 0.571. The fourth-order valence-electron chi connectivity index (χ4n) is 1.80. The molecule has 0 saturated heterocycles. The first kappa shape index (κ1) is 13.2. The number of nitrogens with two attached hydrogens (primary N) is 1. The van der Waals surface area contributed by atoms with Crippen LogP contribution < -0.4 is 5.73 Å². The molecule has 0 aromatic heterocycles. The van der Waals surface area contributed by atoms with Crippen molar-refractivity contribution in [3.05, 3.63) is 35.4 Å². The Morgan fingerprint density at radius 2 is 1.88 bits per heavy atom. The first-order chi connectivity index (χ1) is 7.67. The van der Waals surface area contributed by atoms with Gasteiger partial charge >= 0.3 is 0 Å². The van der Waals surface area contributed by atoms with E-state index in [-0.39, 0.29) is 0 Å². The summed E-state index contributed by atoms with van der Waals surface area (Å²) < 4.78 is 0. The van der Waals surface area contributed by atoms with E-state index in [2.05, 4.69) is 50.1 Å². The van der Waals surface area contributed by atoms with E-state index in [9.17, 15) is 0 Å². The lowest BCUT2D eigenvalue weighted by Gasteiger charge is -2.16. The van der Waals surface area contributed by atoms with Crippen molar-refractivity contribution < 1.29 is 0 Å². The van der Waals surface area contributed by atoms with Gasteiger partial charge in [0.25, 0.3) is 0 Å². The van der Waals surface area contributed by atoms with Crippen LogP contribution in [0.3, 0.4) is 0 Å². The molecule has 1 aromatic rings. The molecule has 2 heteroatoms. The number of likely N-dealkylation sites (N-methyl/N-ethyl adjacent to an activating group) is 1. The topological polar surface area (TPSA) is 29.3 Å². The number of hydrogen-bond donors (Lipinski definition) is 1. The summed E-state index contributed by atoms with van der Waals surface area (Å²) in [6, 6.07) is 8.96. The monoisotopic (exact) mass is 220 g/mol. The lowest BCUT2D eigenvalue weighted by molar-refractivity contribution is 0.336. The van der Waals surface area contributed by atoms with E-state index < -0.39 is 0 Å². The van der Waals surface area contributed by atoms with Crippen molar-refractivity contribution >= 4 is 0 Å². The molecule has 0 amide bonds. The van der Waals surface area contributed by atoms with Crippen LogP contribution in [0.4, 0.5) is 0 Å². The van der Waals surface area contributed by atoms with Crippen LogP contribution in [0.2, 0.25) is 0 Å². The van der Waals surface area contributed by atoms with Crippen molar-refractivity contribution in [2.45, 2.75) is 32.7 Å². The molecule has 90 valence electrons. The second-order valence-corrected chi connectivity index (χ2v) is 4.58. The lowest BCUT2D eigenvalue weighted by atomic mass is 9.97. The first-order valence-electron chi connectivity index (χ1n) is 6.14. The number of hydrogen-bond acceptors (Lipinski definition) is 2. The van der Waals surface area contributed by atoms with Crippen LogP contribution in [-0.2, 0) is 6.54 Å². The zero-order valence-corrected chi connectivity index (χ0v) is 10.7. The van der Waals surface area contributed by atoms with Crippen molar-refractivity contribution in [1.29, 1.82) is 0 Å². The van der Waals surface area contributed by atoms with Crippen molar-refractivity contribution in [1.82, 2.24) is 4.90 Å². The fourth-order valence-corrected chi connectivity index (χ4v) is 1.80. The molecule has 0 aliphatic carbocycles. The number of nitrogens with zero attached hydrogens (tertiary/aromatic N) is 1. The zero-order chi connectivity index (χ0) is 12.0. The maximum absolute atomic E-state index is 5.52. The molecule has 16 heavy (non-hydrogen) atoms. The van der Waals surface area contributed by atoms with Gasteiger partial charge in [0.2, 0.25) is 0 Å². The second-order valence-electron chi connectivity index (χ2n) is 4.58. The lowest BCUT2D eigenvalue weighted by Crippen LogP contribution is -2.24. The Bertz CT molecular complexity index is 292. The number of rotatable bonds is 6. The van der Waals surface area contributed by atoms with Crippen LogP contribution in [0.5, 0.6) is 0 Å². The second kappa shape index (κ2) is 6.66.